The molecule has 3 heterocycles. The molecule has 2 unspecified atom stereocenters. The Balaban J connectivity index is 1.14. The molecule has 5 amide bonds. The van der Waals surface area contributed by atoms with Crippen molar-refractivity contribution >= 4 is 29.5 Å². The Kier molecular flexibility index (Phi) is 11.4. The molecular formula is C22H31N3O11. The Morgan fingerprint density at radius 2 is 1.58 bits per heavy atom. The van der Waals surface area contributed by atoms with Gasteiger partial charge in [-0.3, -0.25) is 33.7 Å². The molecule has 0 bridgehead atoms. The summed E-state index contributed by atoms with van der Waals surface area (Å²) in [5.74, 6) is -1.89. The number of ether oxygens (including phenoxy) is 5. The van der Waals surface area contributed by atoms with E-state index in [0.717, 1.165) is 9.96 Å². The molecule has 1 N–H and O–H groups in total. The number of nitrogens with one attached hydrogen (secondary N) is 1. The van der Waals surface area contributed by atoms with E-state index in [9.17, 15) is 24.0 Å². The zero-order valence-electron chi connectivity index (χ0n) is 19.9. The molecule has 14 heteroatoms. The van der Waals surface area contributed by atoms with Crippen molar-refractivity contribution in [2.24, 2.45) is 0 Å². The molecule has 0 radical (unpaired) electrons. The quantitative estimate of drug-likeness (QED) is 0.192. The fourth-order valence-electron chi connectivity index (χ4n) is 3.39. The van der Waals surface area contributed by atoms with Crippen LogP contribution in [-0.4, -0.2) is 111 Å². The molecule has 0 saturated carbocycles. The van der Waals surface area contributed by atoms with E-state index in [4.69, 9.17) is 28.5 Å². The SMILES string of the molecule is O=C(CCN1C(=O)C=CC1=O)NC1COCC(OCCOCCOCCCON2C(=O)CCC2=O)O1. The van der Waals surface area contributed by atoms with Crippen LogP contribution in [0.4, 0.5) is 0 Å². The van der Waals surface area contributed by atoms with Crippen molar-refractivity contribution in [3.05, 3.63) is 12.2 Å². The number of nitrogens with zero attached hydrogens (tertiary/aromatic N) is 2. The summed E-state index contributed by atoms with van der Waals surface area (Å²) < 4.78 is 27.4. The Labute approximate surface area is 207 Å². The predicted octanol–water partition coefficient (Wildman–Crippen LogP) is -1.36. The van der Waals surface area contributed by atoms with E-state index >= 15 is 0 Å². The number of rotatable bonds is 16. The number of hydroxylamine groups is 2. The van der Waals surface area contributed by atoms with Gasteiger partial charge in [-0.25, -0.2) is 0 Å². The van der Waals surface area contributed by atoms with Crippen LogP contribution >= 0.6 is 0 Å². The number of carbonyl (C=O) groups is 5. The highest BCUT2D eigenvalue weighted by Gasteiger charge is 2.30. The van der Waals surface area contributed by atoms with Gasteiger partial charge in [0.25, 0.3) is 23.6 Å². The molecule has 3 aliphatic rings. The highest BCUT2D eigenvalue weighted by atomic mass is 16.7. The van der Waals surface area contributed by atoms with E-state index in [1.807, 2.05) is 0 Å². The van der Waals surface area contributed by atoms with Crippen molar-refractivity contribution in [1.29, 1.82) is 0 Å². The van der Waals surface area contributed by atoms with E-state index in [0.29, 0.717) is 32.8 Å². The van der Waals surface area contributed by atoms with E-state index in [2.05, 4.69) is 5.32 Å². The molecule has 0 aromatic rings. The highest BCUT2D eigenvalue weighted by molar-refractivity contribution is 6.13. The van der Waals surface area contributed by atoms with Crippen molar-refractivity contribution < 1.29 is 52.5 Å². The summed E-state index contributed by atoms with van der Waals surface area (Å²) in [4.78, 5) is 64.0. The van der Waals surface area contributed by atoms with Gasteiger partial charge in [-0.2, -0.15) is 5.06 Å². The molecule has 200 valence electrons. The van der Waals surface area contributed by atoms with Gasteiger partial charge in [0.2, 0.25) is 5.91 Å². The van der Waals surface area contributed by atoms with Gasteiger partial charge in [0, 0.05) is 44.6 Å². The molecule has 0 aliphatic carbocycles. The molecule has 14 nitrogen and oxygen atoms in total. The summed E-state index contributed by atoms with van der Waals surface area (Å²) in [6, 6.07) is 0. The van der Waals surface area contributed by atoms with Gasteiger partial charge in [-0.1, -0.05) is 0 Å². The van der Waals surface area contributed by atoms with Crippen LogP contribution in [0.15, 0.2) is 12.2 Å². The average molecular weight is 514 g/mol. The van der Waals surface area contributed by atoms with Gasteiger partial charge in [-0.05, 0) is 6.42 Å². The smallest absolute Gasteiger partial charge is 0.253 e. The van der Waals surface area contributed by atoms with Gasteiger partial charge in [0.05, 0.1) is 46.2 Å². The van der Waals surface area contributed by atoms with Gasteiger partial charge in [0.1, 0.15) is 0 Å². The van der Waals surface area contributed by atoms with Crippen molar-refractivity contribution in [1.82, 2.24) is 15.3 Å². The number of imide groups is 2. The van der Waals surface area contributed by atoms with Crippen LogP contribution in [0.3, 0.4) is 0 Å². The van der Waals surface area contributed by atoms with Gasteiger partial charge < -0.3 is 29.0 Å². The van der Waals surface area contributed by atoms with Gasteiger partial charge in [0.15, 0.2) is 12.5 Å². The molecule has 2 atom stereocenters. The lowest BCUT2D eigenvalue weighted by atomic mass is 10.3. The minimum absolute atomic E-state index is 0.0144. The standard InChI is InChI=1S/C22H31N3O11/c26-16(6-7-24-18(27)2-3-19(24)28)23-17-14-33-15-22(36-17)34-13-12-32-11-10-31-8-1-9-35-25-20(29)4-5-21(25)30/h2-3,17,22H,1,4-15H2,(H,23,26). The molecule has 3 rings (SSSR count). The first-order valence-electron chi connectivity index (χ1n) is 11.8. The lowest BCUT2D eigenvalue weighted by Gasteiger charge is -2.30. The topological polar surface area (TPSA) is 159 Å². The third-order valence-corrected chi connectivity index (χ3v) is 5.19. The van der Waals surface area contributed by atoms with E-state index in [1.54, 1.807) is 0 Å². The summed E-state index contributed by atoms with van der Waals surface area (Å²) in [5, 5.41) is 3.45. The first-order chi connectivity index (χ1) is 17.4. The van der Waals surface area contributed by atoms with Crippen LogP contribution in [0.1, 0.15) is 25.7 Å². The predicted molar refractivity (Wildman–Crippen MR) is 117 cm³/mol. The first-order valence-corrected chi connectivity index (χ1v) is 11.8. The summed E-state index contributed by atoms with van der Waals surface area (Å²) in [6.07, 6.45) is 1.81. The largest absolute Gasteiger partial charge is 0.379 e. The third kappa shape index (κ3) is 9.04. The summed E-state index contributed by atoms with van der Waals surface area (Å²) in [7, 11) is 0. The Morgan fingerprint density at radius 3 is 2.31 bits per heavy atom. The Bertz CT molecular complexity index is 800. The Morgan fingerprint density at radius 1 is 0.917 bits per heavy atom. The normalized spacial score (nSPS) is 22.2. The van der Waals surface area contributed by atoms with E-state index in [1.165, 1.54) is 12.2 Å². The van der Waals surface area contributed by atoms with Crippen LogP contribution in [0.5, 0.6) is 0 Å². The maximum atomic E-state index is 12.1. The molecule has 36 heavy (non-hydrogen) atoms. The lowest BCUT2D eigenvalue weighted by molar-refractivity contribution is -0.250. The van der Waals surface area contributed by atoms with Crippen molar-refractivity contribution in [2.45, 2.75) is 38.2 Å². The summed E-state index contributed by atoms with van der Waals surface area (Å²) in [6.45, 7) is 2.22. The second-order valence-corrected chi connectivity index (χ2v) is 7.93. The first kappa shape index (κ1) is 27.8. The molecule has 3 aliphatic heterocycles. The van der Waals surface area contributed by atoms with Crippen molar-refractivity contribution in [2.75, 3.05) is 59.4 Å². The van der Waals surface area contributed by atoms with Crippen LogP contribution in [0, 0.1) is 0 Å². The summed E-state index contributed by atoms with van der Waals surface area (Å²) in [5.41, 5.74) is 0. The third-order valence-electron chi connectivity index (χ3n) is 5.19. The van der Waals surface area contributed by atoms with Crippen LogP contribution in [-0.2, 0) is 52.5 Å². The highest BCUT2D eigenvalue weighted by Crippen LogP contribution is 2.12. The van der Waals surface area contributed by atoms with Crippen LogP contribution in [0.25, 0.3) is 0 Å². The molecular weight excluding hydrogens is 482 g/mol. The van der Waals surface area contributed by atoms with Crippen molar-refractivity contribution in [3.8, 4) is 0 Å². The Hall–Kier alpha value is -2.75. The number of hydrogen-bond donors (Lipinski definition) is 1. The molecule has 2 saturated heterocycles. The maximum absolute atomic E-state index is 12.1. The van der Waals surface area contributed by atoms with E-state index in [-0.39, 0.29) is 70.0 Å². The minimum atomic E-state index is -0.709. The molecule has 0 spiro atoms. The number of amides is 5. The number of carbonyl (C=O) groups excluding carboxylic acids is 5. The fraction of sp³-hybridized carbons (Fsp3) is 0.682. The van der Waals surface area contributed by atoms with Crippen LogP contribution in [0.2, 0.25) is 0 Å². The molecule has 0 aromatic carbocycles. The molecule has 0 aromatic heterocycles. The zero-order chi connectivity index (χ0) is 25.8. The number of hydrogen-bond acceptors (Lipinski definition) is 11. The monoisotopic (exact) mass is 513 g/mol. The second-order valence-electron chi connectivity index (χ2n) is 7.93. The molecule has 2 fully saturated rings. The second kappa shape index (κ2) is 14.7. The fourth-order valence-corrected chi connectivity index (χ4v) is 3.39. The van der Waals surface area contributed by atoms with Crippen LogP contribution < -0.4 is 5.32 Å². The lowest BCUT2D eigenvalue weighted by Crippen LogP contribution is -2.48. The summed E-state index contributed by atoms with van der Waals surface area (Å²) >= 11 is 0. The average Bonchev–Trinajstić information content (AvgIpc) is 3.35. The minimum Gasteiger partial charge on any atom is -0.379 e. The van der Waals surface area contributed by atoms with Crippen molar-refractivity contribution in [3.63, 3.8) is 0 Å². The van der Waals surface area contributed by atoms with E-state index < -0.39 is 24.3 Å². The van der Waals surface area contributed by atoms with Gasteiger partial charge in [-0.15, -0.1) is 0 Å². The van der Waals surface area contributed by atoms with Gasteiger partial charge >= 0.3 is 0 Å². The zero-order valence-corrected chi connectivity index (χ0v) is 19.9. The maximum Gasteiger partial charge on any atom is 0.253 e.